The standard InChI is InChI=1S/C31H36N6O4S.ClH/c32-31(33)37-16-6-9-23(20-37)18-35-30(38)29(17-24-19-34-28-11-5-4-10-27(24)28)36-42(39,40)26-14-12-25(13-15-26)41-21-22-7-2-1-3-8-22;/h1-5,7-8,10-15,19,23,29,34,36H,6,9,16-18,20-21H2,(H3,32,33)(H,35,38);1H. The van der Waals surface area contributed by atoms with E-state index in [0.29, 0.717) is 25.4 Å². The monoisotopic (exact) mass is 624 g/mol. The van der Waals surface area contributed by atoms with Crippen LogP contribution >= 0.6 is 12.4 Å². The third-order valence-corrected chi connectivity index (χ3v) is 9.01. The molecule has 3 aromatic carbocycles. The third-order valence-electron chi connectivity index (χ3n) is 7.52. The van der Waals surface area contributed by atoms with Gasteiger partial charge in [0, 0.05) is 36.7 Å². The number of H-pyrrole nitrogens is 1. The molecule has 2 unspecified atom stereocenters. The number of nitrogens with one attached hydrogen (secondary N) is 4. The molecule has 6 N–H and O–H groups in total. The lowest BCUT2D eigenvalue weighted by atomic mass is 9.98. The number of hydrogen-bond acceptors (Lipinski definition) is 5. The number of piperidine rings is 1. The second-order valence-electron chi connectivity index (χ2n) is 10.6. The molecule has 0 bridgehead atoms. The number of benzene rings is 3. The van der Waals surface area contributed by atoms with Crippen molar-refractivity contribution in [1.82, 2.24) is 19.9 Å². The zero-order valence-corrected chi connectivity index (χ0v) is 25.3. The lowest BCUT2D eigenvalue weighted by Crippen LogP contribution is -2.51. The van der Waals surface area contributed by atoms with Gasteiger partial charge in [0.05, 0.1) is 4.90 Å². The summed E-state index contributed by atoms with van der Waals surface area (Å²) in [6, 6.07) is 22.5. The number of aromatic amines is 1. The van der Waals surface area contributed by atoms with Crippen molar-refractivity contribution in [2.24, 2.45) is 11.7 Å². The smallest absolute Gasteiger partial charge is 0.241 e. The Balaban J connectivity index is 0.00000423. The number of aromatic nitrogens is 1. The molecule has 1 aliphatic heterocycles. The summed E-state index contributed by atoms with van der Waals surface area (Å²) in [5, 5.41) is 11.6. The van der Waals surface area contributed by atoms with Gasteiger partial charge < -0.3 is 25.7 Å². The van der Waals surface area contributed by atoms with Gasteiger partial charge >= 0.3 is 0 Å². The van der Waals surface area contributed by atoms with Gasteiger partial charge in [-0.15, -0.1) is 12.4 Å². The fraction of sp³-hybridized carbons (Fsp3) is 0.290. The van der Waals surface area contributed by atoms with Gasteiger partial charge in [-0.25, -0.2) is 8.42 Å². The molecule has 4 aromatic rings. The first-order valence-electron chi connectivity index (χ1n) is 14.0. The Hall–Kier alpha value is -4.06. The molecule has 5 rings (SSSR count). The molecule has 0 saturated carbocycles. The predicted molar refractivity (Wildman–Crippen MR) is 170 cm³/mol. The lowest BCUT2D eigenvalue weighted by Gasteiger charge is -2.33. The van der Waals surface area contributed by atoms with Gasteiger partial charge in [-0.2, -0.15) is 4.72 Å². The van der Waals surface area contributed by atoms with E-state index in [1.54, 1.807) is 17.0 Å². The largest absolute Gasteiger partial charge is 0.489 e. The first kappa shape index (κ1) is 31.9. The van der Waals surface area contributed by atoms with Crippen molar-refractivity contribution in [2.45, 2.75) is 36.8 Å². The van der Waals surface area contributed by atoms with Gasteiger partial charge in [0.15, 0.2) is 5.96 Å². The number of nitrogens with two attached hydrogens (primary N) is 1. The van der Waals surface area contributed by atoms with Crippen LogP contribution in [0.5, 0.6) is 5.75 Å². The molecule has 228 valence electrons. The van der Waals surface area contributed by atoms with Crippen molar-refractivity contribution in [2.75, 3.05) is 19.6 Å². The minimum atomic E-state index is -4.04. The van der Waals surface area contributed by atoms with Crippen molar-refractivity contribution in [1.29, 1.82) is 5.41 Å². The van der Waals surface area contributed by atoms with E-state index in [1.807, 2.05) is 60.8 Å². The molecule has 1 fully saturated rings. The van der Waals surface area contributed by atoms with Crippen LogP contribution in [0, 0.1) is 11.3 Å². The number of nitrogens with zero attached hydrogens (tertiary/aromatic N) is 1. The van der Waals surface area contributed by atoms with Crippen LogP contribution in [0.25, 0.3) is 10.9 Å². The summed E-state index contributed by atoms with van der Waals surface area (Å²) in [6.07, 6.45) is 3.74. The average Bonchev–Trinajstić information content (AvgIpc) is 3.42. The Kier molecular flexibility index (Phi) is 10.7. The van der Waals surface area contributed by atoms with E-state index in [-0.39, 0.29) is 35.6 Å². The number of para-hydroxylation sites is 1. The molecule has 43 heavy (non-hydrogen) atoms. The number of hydrogen-bond donors (Lipinski definition) is 5. The number of carbonyl (C=O) groups is 1. The average molecular weight is 625 g/mol. The first-order chi connectivity index (χ1) is 20.3. The molecule has 1 aliphatic rings. The highest BCUT2D eigenvalue weighted by molar-refractivity contribution is 7.89. The van der Waals surface area contributed by atoms with E-state index in [4.69, 9.17) is 15.9 Å². The normalized spacial score (nSPS) is 15.8. The Morgan fingerprint density at radius 2 is 1.79 bits per heavy atom. The molecule has 2 atom stereocenters. The maximum Gasteiger partial charge on any atom is 0.241 e. The summed E-state index contributed by atoms with van der Waals surface area (Å²) in [4.78, 5) is 18.5. The van der Waals surface area contributed by atoms with Crippen molar-refractivity contribution in [3.8, 4) is 5.75 Å². The van der Waals surface area contributed by atoms with Crippen molar-refractivity contribution < 1.29 is 17.9 Å². The van der Waals surface area contributed by atoms with E-state index in [0.717, 1.165) is 41.4 Å². The van der Waals surface area contributed by atoms with Gasteiger partial charge in [-0.3, -0.25) is 10.2 Å². The summed E-state index contributed by atoms with van der Waals surface area (Å²) in [6.45, 7) is 2.03. The molecule has 2 heterocycles. The van der Waals surface area contributed by atoms with Crippen LogP contribution < -0.4 is 20.5 Å². The topological polar surface area (TPSA) is 153 Å². The second-order valence-corrected chi connectivity index (χ2v) is 12.3. The number of ether oxygens (including phenoxy) is 1. The fourth-order valence-corrected chi connectivity index (χ4v) is 6.43. The van der Waals surface area contributed by atoms with Crippen molar-refractivity contribution >= 4 is 45.2 Å². The number of halogens is 1. The molecule has 0 radical (unpaired) electrons. The number of rotatable bonds is 11. The lowest BCUT2D eigenvalue weighted by molar-refractivity contribution is -0.122. The highest BCUT2D eigenvalue weighted by Gasteiger charge is 2.28. The Morgan fingerprint density at radius 1 is 1.07 bits per heavy atom. The summed E-state index contributed by atoms with van der Waals surface area (Å²) in [7, 11) is -4.04. The minimum Gasteiger partial charge on any atom is -0.489 e. The van der Waals surface area contributed by atoms with Gasteiger partial charge in [0.25, 0.3) is 0 Å². The first-order valence-corrected chi connectivity index (χ1v) is 15.5. The molecular weight excluding hydrogens is 588 g/mol. The molecule has 10 nitrogen and oxygen atoms in total. The highest BCUT2D eigenvalue weighted by atomic mass is 35.5. The SMILES string of the molecule is Cl.N=C(N)N1CCCC(CNC(=O)C(Cc2c[nH]c3ccccc23)NS(=O)(=O)c2ccc(OCc3ccccc3)cc2)C1. The maximum absolute atomic E-state index is 13.5. The number of fused-ring (bicyclic) bond motifs is 1. The number of likely N-dealkylation sites (tertiary alicyclic amines) is 1. The van der Waals surface area contributed by atoms with Crippen molar-refractivity contribution in [3.05, 3.63) is 96.2 Å². The van der Waals surface area contributed by atoms with Gasteiger partial charge in [0.2, 0.25) is 15.9 Å². The van der Waals surface area contributed by atoms with E-state index in [1.165, 1.54) is 12.1 Å². The fourth-order valence-electron chi connectivity index (χ4n) is 5.24. The van der Waals surface area contributed by atoms with E-state index >= 15 is 0 Å². The van der Waals surface area contributed by atoms with Crippen LogP contribution in [0.15, 0.2) is 90.0 Å². The number of guanidine groups is 1. The number of carbonyl (C=O) groups excluding carboxylic acids is 1. The molecule has 12 heteroatoms. The zero-order valence-electron chi connectivity index (χ0n) is 23.7. The molecule has 0 spiro atoms. The maximum atomic E-state index is 13.5. The predicted octanol–water partition coefficient (Wildman–Crippen LogP) is 3.78. The minimum absolute atomic E-state index is 0. The third kappa shape index (κ3) is 8.28. The molecule has 0 aliphatic carbocycles. The quantitative estimate of drug-likeness (QED) is 0.126. The number of amides is 1. The van der Waals surface area contributed by atoms with Crippen LogP contribution in [-0.4, -0.2) is 55.8 Å². The molecule has 1 amide bonds. The summed E-state index contributed by atoms with van der Waals surface area (Å²) in [5.74, 6) is 0.262. The zero-order chi connectivity index (χ0) is 29.5. The van der Waals surface area contributed by atoms with Gasteiger partial charge in [0.1, 0.15) is 18.4 Å². The molecule has 1 saturated heterocycles. The van der Waals surface area contributed by atoms with Crippen LogP contribution in [0.1, 0.15) is 24.0 Å². The van der Waals surface area contributed by atoms with Crippen LogP contribution in [0.4, 0.5) is 0 Å². The van der Waals surface area contributed by atoms with E-state index in [2.05, 4.69) is 15.0 Å². The van der Waals surface area contributed by atoms with E-state index in [9.17, 15) is 13.2 Å². The van der Waals surface area contributed by atoms with Gasteiger partial charge in [-0.1, -0.05) is 48.5 Å². The van der Waals surface area contributed by atoms with Crippen LogP contribution in [0.2, 0.25) is 0 Å². The molecular formula is C31H37ClN6O4S. The summed E-state index contributed by atoms with van der Waals surface area (Å²) in [5.41, 5.74) is 8.41. The second kappa shape index (κ2) is 14.4. The number of sulfonamides is 1. The Morgan fingerprint density at radius 3 is 2.53 bits per heavy atom. The van der Waals surface area contributed by atoms with Crippen LogP contribution in [-0.2, 0) is 27.8 Å². The highest BCUT2D eigenvalue weighted by Crippen LogP contribution is 2.22. The van der Waals surface area contributed by atoms with Crippen molar-refractivity contribution in [3.63, 3.8) is 0 Å². The van der Waals surface area contributed by atoms with Gasteiger partial charge in [-0.05, 0) is 66.6 Å². The Labute approximate surface area is 258 Å². The van der Waals surface area contributed by atoms with Crippen LogP contribution in [0.3, 0.4) is 0 Å². The van der Waals surface area contributed by atoms with E-state index < -0.39 is 22.0 Å². The summed E-state index contributed by atoms with van der Waals surface area (Å²) >= 11 is 0. The summed E-state index contributed by atoms with van der Waals surface area (Å²) < 4.78 is 35.4. The Bertz CT molecular complexity index is 1630. The molecule has 1 aromatic heterocycles.